The number of anilines is 1. The van der Waals surface area contributed by atoms with E-state index >= 15 is 0 Å². The van der Waals surface area contributed by atoms with Crippen molar-refractivity contribution in [3.05, 3.63) is 29.8 Å². The van der Waals surface area contributed by atoms with E-state index in [0.717, 1.165) is 18.5 Å². The molecular formula is C14H20N2O. The largest absolute Gasteiger partial charge is 0.335 e. The molecule has 17 heavy (non-hydrogen) atoms. The number of carbonyl (C=O) groups excluding carboxylic acids is 1. The minimum absolute atomic E-state index is 0.0986. The highest BCUT2D eigenvalue weighted by atomic mass is 16.2. The number of benzene rings is 1. The molecular weight excluding hydrogens is 212 g/mol. The number of rotatable bonds is 2. The highest BCUT2D eigenvalue weighted by Gasteiger charge is 2.23. The molecule has 0 aromatic heterocycles. The van der Waals surface area contributed by atoms with Gasteiger partial charge in [0.15, 0.2) is 0 Å². The predicted molar refractivity (Wildman–Crippen MR) is 70.3 cm³/mol. The van der Waals surface area contributed by atoms with Gasteiger partial charge in [0.05, 0.1) is 0 Å². The maximum Gasteiger partial charge on any atom is 0.319 e. The Morgan fingerprint density at radius 1 is 1.29 bits per heavy atom. The lowest BCUT2D eigenvalue weighted by atomic mass is 9.87. The third-order valence-corrected chi connectivity index (χ3v) is 2.90. The van der Waals surface area contributed by atoms with E-state index in [0.29, 0.717) is 6.04 Å². The van der Waals surface area contributed by atoms with Crippen molar-refractivity contribution in [1.29, 1.82) is 0 Å². The summed E-state index contributed by atoms with van der Waals surface area (Å²) in [4.78, 5) is 11.6. The van der Waals surface area contributed by atoms with Gasteiger partial charge in [0.25, 0.3) is 0 Å². The van der Waals surface area contributed by atoms with Crippen molar-refractivity contribution in [2.75, 3.05) is 5.32 Å². The van der Waals surface area contributed by atoms with Gasteiger partial charge >= 0.3 is 6.03 Å². The second-order valence-electron chi connectivity index (χ2n) is 5.70. The summed E-state index contributed by atoms with van der Waals surface area (Å²) in [5.41, 5.74) is 2.18. The first-order valence-corrected chi connectivity index (χ1v) is 6.13. The number of amides is 2. The van der Waals surface area contributed by atoms with Crippen molar-refractivity contribution in [1.82, 2.24) is 5.32 Å². The van der Waals surface area contributed by atoms with Crippen molar-refractivity contribution < 1.29 is 4.79 Å². The molecule has 3 heteroatoms. The van der Waals surface area contributed by atoms with E-state index in [2.05, 4.69) is 37.5 Å². The zero-order chi connectivity index (χ0) is 12.5. The van der Waals surface area contributed by atoms with Gasteiger partial charge in [-0.25, -0.2) is 4.79 Å². The van der Waals surface area contributed by atoms with E-state index in [-0.39, 0.29) is 11.4 Å². The standard InChI is InChI=1S/C14H20N2O/c1-14(2,3)10-5-4-6-12(9-10)16-13(17)15-11-7-8-11/h4-6,9,11H,7-8H2,1-3H3,(H2,15,16,17). The number of nitrogens with one attached hydrogen (secondary N) is 2. The zero-order valence-corrected chi connectivity index (χ0v) is 10.7. The molecule has 92 valence electrons. The summed E-state index contributed by atoms with van der Waals surface area (Å²) in [6.45, 7) is 6.49. The van der Waals surface area contributed by atoms with Gasteiger partial charge in [0.2, 0.25) is 0 Å². The molecule has 3 nitrogen and oxygen atoms in total. The number of hydrogen-bond acceptors (Lipinski definition) is 1. The van der Waals surface area contributed by atoms with Crippen LogP contribution in [0.5, 0.6) is 0 Å². The average molecular weight is 232 g/mol. The highest BCUT2D eigenvalue weighted by Crippen LogP contribution is 2.24. The second kappa shape index (κ2) is 4.40. The van der Waals surface area contributed by atoms with Gasteiger partial charge in [-0.15, -0.1) is 0 Å². The first-order chi connectivity index (χ1) is 7.95. The van der Waals surface area contributed by atoms with Crippen molar-refractivity contribution in [3.63, 3.8) is 0 Å². The van der Waals surface area contributed by atoms with E-state index < -0.39 is 0 Å². The molecule has 0 radical (unpaired) electrons. The summed E-state index contributed by atoms with van der Waals surface area (Å²) in [7, 11) is 0. The second-order valence-corrected chi connectivity index (χ2v) is 5.70. The van der Waals surface area contributed by atoms with Crippen molar-refractivity contribution >= 4 is 11.7 Å². The molecule has 0 heterocycles. The molecule has 0 atom stereocenters. The predicted octanol–water partition coefficient (Wildman–Crippen LogP) is 3.27. The molecule has 1 aromatic rings. The summed E-state index contributed by atoms with van der Waals surface area (Å²) in [5.74, 6) is 0. The summed E-state index contributed by atoms with van der Waals surface area (Å²) in [6, 6.07) is 8.31. The fraction of sp³-hybridized carbons (Fsp3) is 0.500. The molecule has 0 spiro atoms. The Bertz CT molecular complexity index is 416. The van der Waals surface area contributed by atoms with E-state index in [1.54, 1.807) is 0 Å². The lowest BCUT2D eigenvalue weighted by Crippen LogP contribution is -2.30. The lowest BCUT2D eigenvalue weighted by molar-refractivity contribution is 0.251. The Labute approximate surface area is 103 Å². The van der Waals surface area contributed by atoms with Gasteiger partial charge in [-0.05, 0) is 36.0 Å². The summed E-state index contributed by atoms with van der Waals surface area (Å²) < 4.78 is 0. The van der Waals surface area contributed by atoms with Crippen LogP contribution in [0.4, 0.5) is 10.5 Å². The van der Waals surface area contributed by atoms with Gasteiger partial charge in [-0.1, -0.05) is 32.9 Å². The van der Waals surface area contributed by atoms with Crippen LogP contribution in [0.25, 0.3) is 0 Å². The van der Waals surface area contributed by atoms with E-state index in [1.807, 2.05) is 18.2 Å². The van der Waals surface area contributed by atoms with Crippen LogP contribution < -0.4 is 10.6 Å². The van der Waals surface area contributed by atoms with Gasteiger partial charge < -0.3 is 10.6 Å². The SMILES string of the molecule is CC(C)(C)c1cccc(NC(=O)NC2CC2)c1. The van der Waals surface area contributed by atoms with Crippen LogP contribution in [-0.2, 0) is 5.41 Å². The van der Waals surface area contributed by atoms with Crippen LogP contribution in [0.2, 0.25) is 0 Å². The molecule has 1 saturated carbocycles. The molecule has 1 aliphatic carbocycles. The van der Waals surface area contributed by atoms with Crippen LogP contribution in [0.3, 0.4) is 0 Å². The Balaban J connectivity index is 2.02. The zero-order valence-electron chi connectivity index (χ0n) is 10.7. The van der Waals surface area contributed by atoms with Crippen LogP contribution in [0.15, 0.2) is 24.3 Å². The molecule has 1 fully saturated rings. The molecule has 0 unspecified atom stereocenters. The van der Waals surface area contributed by atoms with Crippen molar-refractivity contribution in [3.8, 4) is 0 Å². The third kappa shape index (κ3) is 3.48. The number of urea groups is 1. The first kappa shape index (κ1) is 12.0. The molecule has 2 amide bonds. The van der Waals surface area contributed by atoms with Crippen molar-refractivity contribution in [2.45, 2.75) is 45.1 Å². The molecule has 1 aliphatic rings. The van der Waals surface area contributed by atoms with Gasteiger partial charge in [0, 0.05) is 11.7 Å². The van der Waals surface area contributed by atoms with Crippen LogP contribution in [-0.4, -0.2) is 12.1 Å². The number of hydrogen-bond donors (Lipinski definition) is 2. The van der Waals surface area contributed by atoms with Gasteiger partial charge in [-0.3, -0.25) is 0 Å². The minimum atomic E-state index is -0.0986. The Kier molecular flexibility index (Phi) is 3.09. The van der Waals surface area contributed by atoms with E-state index in [1.165, 1.54) is 5.56 Å². The molecule has 2 N–H and O–H groups in total. The number of carbonyl (C=O) groups is 1. The molecule has 2 rings (SSSR count). The van der Waals surface area contributed by atoms with E-state index in [4.69, 9.17) is 0 Å². The molecule has 0 aliphatic heterocycles. The van der Waals surface area contributed by atoms with Crippen LogP contribution in [0, 0.1) is 0 Å². The maximum absolute atomic E-state index is 11.6. The smallest absolute Gasteiger partial charge is 0.319 e. The van der Waals surface area contributed by atoms with Gasteiger partial charge in [0.1, 0.15) is 0 Å². The quantitative estimate of drug-likeness (QED) is 0.807. The summed E-state index contributed by atoms with van der Waals surface area (Å²) in [6.07, 6.45) is 2.21. The Morgan fingerprint density at radius 2 is 2.00 bits per heavy atom. The first-order valence-electron chi connectivity index (χ1n) is 6.13. The van der Waals surface area contributed by atoms with Gasteiger partial charge in [-0.2, -0.15) is 0 Å². The van der Waals surface area contributed by atoms with Crippen LogP contribution >= 0.6 is 0 Å². The topological polar surface area (TPSA) is 41.1 Å². The van der Waals surface area contributed by atoms with Crippen LogP contribution in [0.1, 0.15) is 39.2 Å². The molecule has 1 aromatic carbocycles. The van der Waals surface area contributed by atoms with E-state index in [9.17, 15) is 4.79 Å². The Morgan fingerprint density at radius 3 is 2.59 bits per heavy atom. The maximum atomic E-state index is 11.6. The fourth-order valence-electron chi connectivity index (χ4n) is 1.64. The third-order valence-electron chi connectivity index (χ3n) is 2.90. The lowest BCUT2D eigenvalue weighted by Gasteiger charge is -2.19. The Hall–Kier alpha value is -1.51. The molecule has 0 saturated heterocycles. The summed E-state index contributed by atoms with van der Waals surface area (Å²) in [5, 5.41) is 5.79. The summed E-state index contributed by atoms with van der Waals surface area (Å²) >= 11 is 0. The fourth-order valence-corrected chi connectivity index (χ4v) is 1.64. The highest BCUT2D eigenvalue weighted by molar-refractivity contribution is 5.89. The normalized spacial score (nSPS) is 15.5. The monoisotopic (exact) mass is 232 g/mol. The van der Waals surface area contributed by atoms with Crippen molar-refractivity contribution in [2.24, 2.45) is 0 Å². The molecule has 0 bridgehead atoms. The minimum Gasteiger partial charge on any atom is -0.335 e. The average Bonchev–Trinajstić information content (AvgIpc) is 3.00.